The largest absolute Gasteiger partial charge is 0.495 e. The zero-order valence-electron chi connectivity index (χ0n) is 17.9. The minimum absolute atomic E-state index is 0.119. The molecule has 0 saturated heterocycles. The molecule has 1 aliphatic carbocycles. The summed E-state index contributed by atoms with van der Waals surface area (Å²) in [5, 5.41) is 13.2. The lowest BCUT2D eigenvalue weighted by molar-refractivity contribution is 0.206. The number of aromatic nitrogens is 3. The number of methoxy groups -OCH3 is 1. The first-order chi connectivity index (χ1) is 14.4. The van der Waals surface area contributed by atoms with Gasteiger partial charge in [0.2, 0.25) is 5.95 Å². The van der Waals surface area contributed by atoms with E-state index in [1.165, 1.54) is 5.56 Å². The van der Waals surface area contributed by atoms with Crippen molar-refractivity contribution in [3.8, 4) is 17.0 Å². The van der Waals surface area contributed by atoms with Gasteiger partial charge >= 0.3 is 0 Å². The number of nitrogens with one attached hydrogen (secondary N) is 1. The van der Waals surface area contributed by atoms with Crippen molar-refractivity contribution in [2.24, 2.45) is 0 Å². The van der Waals surface area contributed by atoms with E-state index < -0.39 is 0 Å². The van der Waals surface area contributed by atoms with Crippen LogP contribution in [0.4, 0.5) is 11.6 Å². The summed E-state index contributed by atoms with van der Waals surface area (Å²) in [6.45, 7) is 6.52. The minimum atomic E-state index is -0.239. The van der Waals surface area contributed by atoms with Gasteiger partial charge in [-0.15, -0.1) is 0 Å². The summed E-state index contributed by atoms with van der Waals surface area (Å²) in [5.41, 5.74) is 5.69. The maximum atomic E-state index is 9.88. The molecule has 0 aliphatic heterocycles. The summed E-state index contributed by atoms with van der Waals surface area (Å²) < 4.78 is 5.50. The molecule has 3 aromatic rings. The molecule has 0 spiro atoms. The number of aryl methyl sites for hydroxylation is 1. The fourth-order valence-electron chi connectivity index (χ4n) is 3.93. The molecular weight excluding hydrogens is 376 g/mol. The maximum Gasteiger partial charge on any atom is 0.227 e. The summed E-state index contributed by atoms with van der Waals surface area (Å²) in [6, 6.07) is 10.1. The summed E-state index contributed by atoms with van der Waals surface area (Å²) in [4.78, 5) is 13.7. The van der Waals surface area contributed by atoms with Gasteiger partial charge < -0.3 is 15.2 Å². The predicted octanol–water partition coefficient (Wildman–Crippen LogP) is 4.61. The highest BCUT2D eigenvalue weighted by molar-refractivity contribution is 5.66. The molecule has 1 atom stereocenters. The number of pyridine rings is 1. The van der Waals surface area contributed by atoms with E-state index in [0.29, 0.717) is 11.9 Å². The number of aliphatic hydroxyl groups is 1. The van der Waals surface area contributed by atoms with E-state index in [0.717, 1.165) is 46.8 Å². The van der Waals surface area contributed by atoms with E-state index in [9.17, 15) is 5.11 Å². The van der Waals surface area contributed by atoms with Crippen LogP contribution in [0.3, 0.4) is 0 Å². The second kappa shape index (κ2) is 8.03. The Balaban J connectivity index is 1.67. The SMILES string of the molecule is COc1ccc(C(C)C)cc1Nc1nccc(-c2cnc3c(c2)C(C)(CO)CC3)n1. The van der Waals surface area contributed by atoms with Crippen LogP contribution in [0.1, 0.15) is 49.9 Å². The molecule has 4 rings (SSSR count). The molecule has 156 valence electrons. The molecule has 0 radical (unpaired) electrons. The van der Waals surface area contributed by atoms with Gasteiger partial charge in [-0.25, -0.2) is 9.97 Å². The smallest absolute Gasteiger partial charge is 0.227 e. The topological polar surface area (TPSA) is 80.2 Å². The summed E-state index contributed by atoms with van der Waals surface area (Å²) in [6.07, 6.45) is 5.41. The molecule has 6 heteroatoms. The first kappa shape index (κ1) is 20.3. The molecule has 30 heavy (non-hydrogen) atoms. The van der Waals surface area contributed by atoms with E-state index in [1.807, 2.05) is 18.3 Å². The van der Waals surface area contributed by atoms with Crippen LogP contribution in [-0.4, -0.2) is 33.8 Å². The van der Waals surface area contributed by atoms with E-state index in [2.05, 4.69) is 54.3 Å². The zero-order chi connectivity index (χ0) is 21.3. The number of anilines is 2. The molecular formula is C24H28N4O2. The summed E-state index contributed by atoms with van der Waals surface area (Å²) >= 11 is 0. The van der Waals surface area contributed by atoms with Gasteiger partial charge in [-0.3, -0.25) is 4.98 Å². The number of benzene rings is 1. The van der Waals surface area contributed by atoms with Gasteiger partial charge in [-0.2, -0.15) is 0 Å². The molecule has 2 N–H and O–H groups in total. The van der Waals surface area contributed by atoms with Gasteiger partial charge in [0.25, 0.3) is 0 Å². The van der Waals surface area contributed by atoms with E-state index in [-0.39, 0.29) is 12.0 Å². The average molecular weight is 405 g/mol. The van der Waals surface area contributed by atoms with Gasteiger partial charge in [-0.1, -0.05) is 26.8 Å². The van der Waals surface area contributed by atoms with Crippen molar-refractivity contribution in [3.63, 3.8) is 0 Å². The van der Waals surface area contributed by atoms with E-state index in [1.54, 1.807) is 13.3 Å². The number of nitrogens with zero attached hydrogens (tertiary/aromatic N) is 3. The Kier molecular flexibility index (Phi) is 5.43. The number of ether oxygens (including phenoxy) is 1. The highest BCUT2D eigenvalue weighted by atomic mass is 16.5. The van der Waals surface area contributed by atoms with Crippen molar-refractivity contribution in [1.82, 2.24) is 15.0 Å². The van der Waals surface area contributed by atoms with E-state index in [4.69, 9.17) is 9.72 Å². The third-order valence-electron chi connectivity index (χ3n) is 5.97. The third kappa shape index (κ3) is 3.75. The van der Waals surface area contributed by atoms with Crippen LogP contribution in [0.2, 0.25) is 0 Å². The van der Waals surface area contributed by atoms with Crippen molar-refractivity contribution in [2.45, 2.75) is 44.9 Å². The Bertz CT molecular complexity index is 1070. The molecule has 0 saturated carbocycles. The van der Waals surface area contributed by atoms with Gasteiger partial charge in [-0.05, 0) is 54.2 Å². The van der Waals surface area contributed by atoms with Crippen molar-refractivity contribution >= 4 is 11.6 Å². The Labute approximate surface area is 177 Å². The van der Waals surface area contributed by atoms with Crippen LogP contribution in [-0.2, 0) is 11.8 Å². The molecule has 6 nitrogen and oxygen atoms in total. The average Bonchev–Trinajstić information content (AvgIpc) is 3.10. The number of hydrogen-bond acceptors (Lipinski definition) is 6. The zero-order valence-corrected chi connectivity index (χ0v) is 17.9. The lowest BCUT2D eigenvalue weighted by Crippen LogP contribution is -2.23. The molecule has 1 unspecified atom stereocenters. The number of aliphatic hydroxyl groups excluding tert-OH is 1. The number of fused-ring (bicyclic) bond motifs is 1. The summed E-state index contributed by atoms with van der Waals surface area (Å²) in [7, 11) is 1.65. The highest BCUT2D eigenvalue weighted by Crippen LogP contribution is 2.39. The summed E-state index contributed by atoms with van der Waals surface area (Å²) in [5.74, 6) is 1.64. The molecule has 2 aromatic heterocycles. The minimum Gasteiger partial charge on any atom is -0.495 e. The Hall–Kier alpha value is -2.99. The van der Waals surface area contributed by atoms with Crippen molar-refractivity contribution in [1.29, 1.82) is 0 Å². The second-order valence-electron chi connectivity index (χ2n) is 8.44. The monoisotopic (exact) mass is 404 g/mol. The van der Waals surface area contributed by atoms with E-state index >= 15 is 0 Å². The molecule has 0 fully saturated rings. The van der Waals surface area contributed by atoms with Gasteiger partial charge in [0.15, 0.2) is 0 Å². The van der Waals surface area contributed by atoms with Crippen LogP contribution < -0.4 is 10.1 Å². The molecule has 0 amide bonds. The quantitative estimate of drug-likeness (QED) is 0.624. The second-order valence-corrected chi connectivity index (χ2v) is 8.44. The van der Waals surface area contributed by atoms with Gasteiger partial charge in [0.05, 0.1) is 25.1 Å². The lowest BCUT2D eigenvalue weighted by Gasteiger charge is -2.22. The standard InChI is InChI=1S/C24H28N4O2/c1-15(2)16-5-6-22(30-4)21(12-16)28-23-25-10-8-19(27-23)17-11-18-20(26-13-17)7-9-24(18,3)14-29/h5-6,8,10-13,15,29H,7,9,14H2,1-4H3,(H,25,27,28). The molecule has 0 bridgehead atoms. The van der Waals surface area contributed by atoms with Crippen LogP contribution in [0.25, 0.3) is 11.3 Å². The maximum absolute atomic E-state index is 9.88. The van der Waals surface area contributed by atoms with Crippen LogP contribution in [0, 0.1) is 0 Å². The molecule has 1 aliphatic rings. The Morgan fingerprint density at radius 1 is 1.20 bits per heavy atom. The van der Waals surface area contributed by atoms with Crippen LogP contribution in [0.5, 0.6) is 5.75 Å². The molecule has 2 heterocycles. The van der Waals surface area contributed by atoms with Crippen LogP contribution >= 0.6 is 0 Å². The third-order valence-corrected chi connectivity index (χ3v) is 5.97. The highest BCUT2D eigenvalue weighted by Gasteiger charge is 2.35. The Morgan fingerprint density at radius 3 is 2.77 bits per heavy atom. The number of hydrogen-bond donors (Lipinski definition) is 2. The first-order valence-corrected chi connectivity index (χ1v) is 10.3. The number of rotatable bonds is 6. The predicted molar refractivity (Wildman–Crippen MR) is 118 cm³/mol. The lowest BCUT2D eigenvalue weighted by atomic mass is 9.85. The first-order valence-electron chi connectivity index (χ1n) is 10.3. The normalized spacial score (nSPS) is 17.8. The fourth-order valence-corrected chi connectivity index (χ4v) is 3.93. The fraction of sp³-hybridized carbons (Fsp3) is 0.375. The van der Waals surface area contributed by atoms with Crippen molar-refractivity contribution in [2.75, 3.05) is 19.0 Å². The van der Waals surface area contributed by atoms with Crippen molar-refractivity contribution in [3.05, 3.63) is 59.5 Å². The van der Waals surface area contributed by atoms with Crippen molar-refractivity contribution < 1.29 is 9.84 Å². The van der Waals surface area contributed by atoms with Crippen LogP contribution in [0.15, 0.2) is 42.7 Å². The Morgan fingerprint density at radius 2 is 2.03 bits per heavy atom. The molecule has 1 aromatic carbocycles. The van der Waals surface area contributed by atoms with Gasteiger partial charge in [0, 0.05) is 29.1 Å². The van der Waals surface area contributed by atoms with Gasteiger partial charge in [0.1, 0.15) is 5.75 Å².